The third-order valence-corrected chi connectivity index (χ3v) is 5.90. The number of esters is 1. The molecule has 1 aromatic carbocycles. The maximum absolute atomic E-state index is 12.9. The van der Waals surface area contributed by atoms with Gasteiger partial charge < -0.3 is 19.5 Å². The number of nitrogens with one attached hydrogen (secondary N) is 1. The number of carbonyl (C=O) groups excluding carboxylic acids is 3. The van der Waals surface area contributed by atoms with Crippen molar-refractivity contribution < 1.29 is 28.6 Å². The van der Waals surface area contributed by atoms with Gasteiger partial charge in [0.25, 0.3) is 0 Å². The number of amides is 2. The van der Waals surface area contributed by atoms with Gasteiger partial charge >= 0.3 is 18.2 Å². The number of nitrogens with zero attached hydrogens (tertiary/aromatic N) is 3. The van der Waals surface area contributed by atoms with E-state index in [1.807, 2.05) is 87.5 Å². The molecular formula is C34H42N4O6. The van der Waals surface area contributed by atoms with Gasteiger partial charge in [-0.15, -0.1) is 0 Å². The number of anilines is 1. The van der Waals surface area contributed by atoms with Crippen molar-refractivity contribution in [3.63, 3.8) is 0 Å². The molecule has 0 bridgehead atoms. The molecular weight excluding hydrogens is 560 g/mol. The highest BCUT2D eigenvalue weighted by molar-refractivity contribution is 5.86. The zero-order valence-electron chi connectivity index (χ0n) is 26.5. The van der Waals surface area contributed by atoms with Crippen LogP contribution in [0.4, 0.5) is 15.4 Å². The Balaban J connectivity index is 1.61. The van der Waals surface area contributed by atoms with E-state index in [4.69, 9.17) is 14.2 Å². The second kappa shape index (κ2) is 15.1. The SMILES string of the molecule is CN(C(=O)OC(C)(C)C)c1cccc(C/C=C/c2ccc(C[C@H](NC(=O)OCc3ccccc3)C(=O)OC(C)(C)C)cn2)n1. The zero-order chi connectivity index (χ0) is 32.3. The number of hydrogen-bond acceptors (Lipinski definition) is 8. The van der Waals surface area contributed by atoms with E-state index in [1.54, 1.807) is 40.1 Å². The summed E-state index contributed by atoms with van der Waals surface area (Å²) in [5.41, 5.74) is 1.73. The Morgan fingerprint density at radius 2 is 1.59 bits per heavy atom. The van der Waals surface area contributed by atoms with E-state index in [0.717, 1.165) is 16.8 Å². The Bertz CT molecular complexity index is 1430. The summed E-state index contributed by atoms with van der Waals surface area (Å²) >= 11 is 0. The number of allylic oxidation sites excluding steroid dienone is 1. The molecule has 10 heteroatoms. The highest BCUT2D eigenvalue weighted by Crippen LogP contribution is 2.16. The minimum atomic E-state index is -0.960. The Kier molecular flexibility index (Phi) is 11.6. The first kappa shape index (κ1) is 33.8. The van der Waals surface area contributed by atoms with Crippen LogP contribution < -0.4 is 10.2 Å². The van der Waals surface area contributed by atoms with Crippen LogP contribution in [0.3, 0.4) is 0 Å². The second-order valence-electron chi connectivity index (χ2n) is 12.2. The molecule has 2 heterocycles. The smallest absolute Gasteiger partial charge is 0.415 e. The van der Waals surface area contributed by atoms with Crippen LogP contribution in [0.1, 0.15) is 64.1 Å². The summed E-state index contributed by atoms with van der Waals surface area (Å²) in [6, 6.07) is 17.5. The van der Waals surface area contributed by atoms with E-state index >= 15 is 0 Å². The van der Waals surface area contributed by atoms with Crippen LogP contribution >= 0.6 is 0 Å². The topological polar surface area (TPSA) is 120 Å². The summed E-state index contributed by atoms with van der Waals surface area (Å²) < 4.78 is 16.3. The summed E-state index contributed by atoms with van der Waals surface area (Å²) in [6.07, 6.45) is 4.95. The van der Waals surface area contributed by atoms with Gasteiger partial charge in [0.15, 0.2) is 0 Å². The monoisotopic (exact) mass is 602 g/mol. The molecule has 0 aliphatic heterocycles. The number of alkyl carbamates (subject to hydrolysis) is 1. The largest absolute Gasteiger partial charge is 0.458 e. The van der Waals surface area contributed by atoms with Gasteiger partial charge in [-0.3, -0.25) is 9.88 Å². The molecule has 44 heavy (non-hydrogen) atoms. The van der Waals surface area contributed by atoms with Gasteiger partial charge in [-0.1, -0.05) is 48.5 Å². The third-order valence-electron chi connectivity index (χ3n) is 5.90. The molecule has 2 aromatic heterocycles. The van der Waals surface area contributed by atoms with Crippen LogP contribution in [0.2, 0.25) is 0 Å². The summed E-state index contributed by atoms with van der Waals surface area (Å²) in [7, 11) is 1.62. The lowest BCUT2D eigenvalue weighted by Crippen LogP contribution is -2.45. The molecule has 1 N–H and O–H groups in total. The van der Waals surface area contributed by atoms with Gasteiger partial charge in [0, 0.05) is 31.8 Å². The fourth-order valence-electron chi connectivity index (χ4n) is 3.86. The molecule has 0 aliphatic carbocycles. The number of benzene rings is 1. The van der Waals surface area contributed by atoms with Gasteiger partial charge in [-0.2, -0.15) is 0 Å². The van der Waals surface area contributed by atoms with E-state index in [-0.39, 0.29) is 13.0 Å². The molecule has 0 saturated heterocycles. The van der Waals surface area contributed by atoms with E-state index in [1.165, 1.54) is 4.90 Å². The van der Waals surface area contributed by atoms with Gasteiger partial charge in [-0.25, -0.2) is 19.4 Å². The van der Waals surface area contributed by atoms with Gasteiger partial charge in [0.2, 0.25) is 0 Å². The summed E-state index contributed by atoms with van der Waals surface area (Å²) in [4.78, 5) is 48.3. The van der Waals surface area contributed by atoms with Crippen molar-refractivity contribution in [3.8, 4) is 0 Å². The number of hydrogen-bond donors (Lipinski definition) is 1. The van der Waals surface area contributed by atoms with E-state index in [9.17, 15) is 14.4 Å². The van der Waals surface area contributed by atoms with Crippen LogP contribution in [-0.4, -0.2) is 52.4 Å². The minimum Gasteiger partial charge on any atom is -0.458 e. The minimum absolute atomic E-state index is 0.0799. The van der Waals surface area contributed by atoms with E-state index in [0.29, 0.717) is 17.9 Å². The van der Waals surface area contributed by atoms with Crippen LogP contribution in [0.25, 0.3) is 6.08 Å². The van der Waals surface area contributed by atoms with E-state index in [2.05, 4.69) is 15.3 Å². The zero-order valence-corrected chi connectivity index (χ0v) is 26.5. The standard InChI is InChI=1S/C34H42N4O6/c1-33(2,3)43-30(39)28(37-31(40)42-23-24-13-9-8-10-14-24)21-25-19-20-26(35-22-25)15-11-16-27-17-12-18-29(36-27)38(7)32(41)44-34(4,5)6/h8-15,17-20,22,28H,16,21,23H2,1-7H3,(H,37,40)/b15-11+/t28-/m0/s1. The fourth-order valence-corrected chi connectivity index (χ4v) is 3.86. The average Bonchev–Trinajstić information content (AvgIpc) is 2.95. The molecule has 0 saturated carbocycles. The molecule has 10 nitrogen and oxygen atoms in total. The molecule has 3 aromatic rings. The van der Waals surface area contributed by atoms with Crippen molar-refractivity contribution in [1.82, 2.24) is 15.3 Å². The van der Waals surface area contributed by atoms with Crippen molar-refractivity contribution >= 4 is 30.0 Å². The summed E-state index contributed by atoms with van der Waals surface area (Å²) in [6.45, 7) is 10.8. The number of carbonyl (C=O) groups is 3. The molecule has 0 aliphatic rings. The molecule has 1 atom stereocenters. The lowest BCUT2D eigenvalue weighted by Gasteiger charge is -2.24. The number of aromatic nitrogens is 2. The van der Waals surface area contributed by atoms with Crippen molar-refractivity contribution in [2.24, 2.45) is 0 Å². The van der Waals surface area contributed by atoms with Gasteiger partial charge in [-0.05, 0) is 76.9 Å². The molecule has 0 radical (unpaired) electrons. The molecule has 0 unspecified atom stereocenters. The van der Waals surface area contributed by atoms with Gasteiger partial charge in [0.05, 0.1) is 5.69 Å². The fraction of sp³-hybridized carbons (Fsp3) is 0.382. The van der Waals surface area contributed by atoms with Crippen LogP contribution in [0.15, 0.2) is 72.9 Å². The molecule has 0 spiro atoms. The lowest BCUT2D eigenvalue weighted by molar-refractivity contribution is -0.157. The van der Waals surface area contributed by atoms with Crippen LogP contribution in [0.5, 0.6) is 0 Å². The predicted octanol–water partition coefficient (Wildman–Crippen LogP) is 6.28. The molecule has 3 rings (SSSR count). The normalized spacial score (nSPS) is 12.3. The third kappa shape index (κ3) is 11.9. The summed E-state index contributed by atoms with van der Waals surface area (Å²) in [5.74, 6) is -0.0742. The number of rotatable bonds is 10. The maximum atomic E-state index is 12.9. The maximum Gasteiger partial charge on any atom is 0.415 e. The highest BCUT2D eigenvalue weighted by Gasteiger charge is 2.28. The molecule has 2 amide bonds. The van der Waals surface area contributed by atoms with Crippen molar-refractivity contribution in [3.05, 3.63) is 95.5 Å². The van der Waals surface area contributed by atoms with Crippen molar-refractivity contribution in [1.29, 1.82) is 0 Å². The van der Waals surface area contributed by atoms with E-state index < -0.39 is 35.4 Å². The van der Waals surface area contributed by atoms with Crippen LogP contribution in [0, 0.1) is 0 Å². The molecule has 234 valence electrons. The number of pyridine rings is 2. The van der Waals surface area contributed by atoms with Gasteiger partial charge in [0.1, 0.15) is 29.7 Å². The average molecular weight is 603 g/mol. The summed E-state index contributed by atoms with van der Waals surface area (Å²) in [5, 5.41) is 2.64. The Hall–Kier alpha value is -4.73. The predicted molar refractivity (Wildman–Crippen MR) is 169 cm³/mol. The second-order valence-corrected chi connectivity index (χ2v) is 12.2. The Labute approximate surface area is 259 Å². The number of ether oxygens (including phenoxy) is 3. The first-order valence-corrected chi connectivity index (χ1v) is 14.4. The van der Waals surface area contributed by atoms with Crippen LogP contribution in [-0.2, 0) is 38.5 Å². The van der Waals surface area contributed by atoms with Crippen molar-refractivity contribution in [2.75, 3.05) is 11.9 Å². The Morgan fingerprint density at radius 3 is 2.23 bits per heavy atom. The quantitative estimate of drug-likeness (QED) is 0.213. The highest BCUT2D eigenvalue weighted by atomic mass is 16.6. The first-order chi connectivity index (χ1) is 20.7. The lowest BCUT2D eigenvalue weighted by atomic mass is 10.1. The first-order valence-electron chi connectivity index (χ1n) is 14.4. The molecule has 0 fully saturated rings. The Morgan fingerprint density at radius 1 is 0.886 bits per heavy atom. The van der Waals surface area contributed by atoms with Crippen molar-refractivity contribution in [2.45, 2.75) is 78.2 Å².